The molecule has 0 amide bonds. The van der Waals surface area contributed by atoms with Crippen molar-refractivity contribution >= 4 is 0 Å². The first-order valence-electron chi connectivity index (χ1n) is 7.58. The van der Waals surface area contributed by atoms with E-state index in [2.05, 4.69) is 48.5 Å². The molecule has 1 aliphatic rings. The quantitative estimate of drug-likeness (QED) is 0.547. The molecule has 1 saturated carbocycles. The molecule has 1 nitrogen and oxygen atoms in total. The van der Waals surface area contributed by atoms with Gasteiger partial charge in [-0.3, -0.25) is 0 Å². The molecular formula is C18H25N. The number of nitrogens with one attached hydrogen (secondary N) is 1. The third-order valence-corrected chi connectivity index (χ3v) is 4.08. The van der Waals surface area contributed by atoms with Gasteiger partial charge in [0, 0.05) is 12.5 Å². The van der Waals surface area contributed by atoms with Gasteiger partial charge in [0.2, 0.25) is 0 Å². The average Bonchev–Trinajstić information content (AvgIpc) is 3.24. The highest BCUT2D eigenvalue weighted by atomic mass is 14.9. The first-order valence-corrected chi connectivity index (χ1v) is 7.58. The Hall–Kier alpha value is -1.26. The van der Waals surface area contributed by atoms with E-state index in [1.807, 2.05) is 0 Å². The number of benzene rings is 1. The molecular weight excluding hydrogens is 230 g/mol. The van der Waals surface area contributed by atoms with E-state index in [4.69, 9.17) is 6.42 Å². The van der Waals surface area contributed by atoms with E-state index >= 15 is 0 Å². The molecule has 0 heterocycles. The maximum absolute atomic E-state index is 5.35. The van der Waals surface area contributed by atoms with E-state index < -0.39 is 0 Å². The summed E-state index contributed by atoms with van der Waals surface area (Å²) in [5, 5.41) is 3.72. The molecule has 0 radical (unpaired) electrons. The van der Waals surface area contributed by atoms with Gasteiger partial charge in [0.15, 0.2) is 0 Å². The van der Waals surface area contributed by atoms with Crippen LogP contribution in [-0.4, -0.2) is 12.6 Å². The standard InChI is InChI=1S/C18H25N/c1-3-5-7-12-18(19-13-4-2)17-14-16(17)15-10-8-6-9-11-15/h1,6,8-11,16-19H,4-5,7,12-14H2,2H3. The first kappa shape index (κ1) is 14.2. The zero-order valence-electron chi connectivity index (χ0n) is 11.9. The van der Waals surface area contributed by atoms with Crippen molar-refractivity contribution in [2.75, 3.05) is 6.54 Å². The summed E-state index contributed by atoms with van der Waals surface area (Å²) < 4.78 is 0. The monoisotopic (exact) mass is 255 g/mol. The van der Waals surface area contributed by atoms with Crippen molar-refractivity contribution in [3.05, 3.63) is 35.9 Å². The summed E-state index contributed by atoms with van der Waals surface area (Å²) in [4.78, 5) is 0. The van der Waals surface area contributed by atoms with E-state index in [0.717, 1.165) is 31.2 Å². The van der Waals surface area contributed by atoms with Gasteiger partial charge >= 0.3 is 0 Å². The number of terminal acetylenes is 1. The zero-order chi connectivity index (χ0) is 13.5. The maximum atomic E-state index is 5.35. The fourth-order valence-electron chi connectivity index (χ4n) is 2.96. The Morgan fingerprint density at radius 3 is 2.84 bits per heavy atom. The lowest BCUT2D eigenvalue weighted by atomic mass is 10.0. The van der Waals surface area contributed by atoms with Crippen LogP contribution in [0.5, 0.6) is 0 Å². The number of hydrogen-bond acceptors (Lipinski definition) is 1. The Morgan fingerprint density at radius 1 is 1.37 bits per heavy atom. The van der Waals surface area contributed by atoms with Crippen LogP contribution in [0.3, 0.4) is 0 Å². The van der Waals surface area contributed by atoms with E-state index in [-0.39, 0.29) is 0 Å². The van der Waals surface area contributed by atoms with E-state index in [9.17, 15) is 0 Å². The third-order valence-electron chi connectivity index (χ3n) is 4.08. The summed E-state index contributed by atoms with van der Waals surface area (Å²) in [6.07, 6.45) is 11.2. The normalized spacial score (nSPS) is 22.7. The van der Waals surface area contributed by atoms with Crippen LogP contribution in [-0.2, 0) is 0 Å². The predicted molar refractivity (Wildman–Crippen MR) is 82.1 cm³/mol. The minimum absolute atomic E-state index is 0.651. The zero-order valence-corrected chi connectivity index (χ0v) is 11.9. The van der Waals surface area contributed by atoms with Crippen molar-refractivity contribution < 1.29 is 0 Å². The molecule has 2 rings (SSSR count). The van der Waals surface area contributed by atoms with Crippen molar-refractivity contribution in [3.8, 4) is 12.3 Å². The highest BCUT2D eigenvalue weighted by Gasteiger charge is 2.42. The Balaban J connectivity index is 1.87. The van der Waals surface area contributed by atoms with Crippen LogP contribution in [0.15, 0.2) is 30.3 Å². The first-order chi connectivity index (χ1) is 9.36. The lowest BCUT2D eigenvalue weighted by Crippen LogP contribution is -2.32. The summed E-state index contributed by atoms with van der Waals surface area (Å²) in [7, 11) is 0. The van der Waals surface area contributed by atoms with Crippen LogP contribution in [0.25, 0.3) is 0 Å². The topological polar surface area (TPSA) is 12.0 Å². The molecule has 0 spiro atoms. The second kappa shape index (κ2) is 7.36. The van der Waals surface area contributed by atoms with Crippen LogP contribution in [0, 0.1) is 18.3 Å². The van der Waals surface area contributed by atoms with Crippen LogP contribution >= 0.6 is 0 Å². The molecule has 3 unspecified atom stereocenters. The number of hydrogen-bond donors (Lipinski definition) is 1. The molecule has 0 aliphatic heterocycles. The second-order valence-corrected chi connectivity index (χ2v) is 5.57. The number of unbranched alkanes of at least 4 members (excludes halogenated alkanes) is 1. The molecule has 0 saturated heterocycles. The Labute approximate surface area is 117 Å². The van der Waals surface area contributed by atoms with Crippen LogP contribution in [0.2, 0.25) is 0 Å². The van der Waals surface area contributed by atoms with Gasteiger partial charge in [-0.15, -0.1) is 12.3 Å². The van der Waals surface area contributed by atoms with E-state index in [0.29, 0.717) is 6.04 Å². The van der Waals surface area contributed by atoms with Crippen LogP contribution in [0.1, 0.15) is 50.5 Å². The van der Waals surface area contributed by atoms with Gasteiger partial charge in [-0.1, -0.05) is 37.3 Å². The van der Waals surface area contributed by atoms with Gasteiger partial charge in [0.1, 0.15) is 0 Å². The van der Waals surface area contributed by atoms with Gasteiger partial charge in [-0.25, -0.2) is 0 Å². The van der Waals surface area contributed by atoms with E-state index in [1.165, 1.54) is 24.8 Å². The highest BCUT2D eigenvalue weighted by Crippen LogP contribution is 2.50. The molecule has 1 aliphatic carbocycles. The van der Waals surface area contributed by atoms with Gasteiger partial charge in [0.25, 0.3) is 0 Å². The fraction of sp³-hybridized carbons (Fsp3) is 0.556. The third kappa shape index (κ3) is 4.11. The molecule has 1 aromatic carbocycles. The SMILES string of the molecule is C#CCCCC(NCCC)C1CC1c1ccccc1. The lowest BCUT2D eigenvalue weighted by molar-refractivity contribution is 0.421. The molecule has 1 N–H and O–H groups in total. The molecule has 1 heteroatoms. The maximum Gasteiger partial charge on any atom is 0.0102 e. The lowest BCUT2D eigenvalue weighted by Gasteiger charge is -2.18. The summed E-state index contributed by atoms with van der Waals surface area (Å²) in [6, 6.07) is 11.6. The smallest absolute Gasteiger partial charge is 0.0102 e. The molecule has 0 bridgehead atoms. The summed E-state index contributed by atoms with van der Waals surface area (Å²) in [5.41, 5.74) is 1.51. The summed E-state index contributed by atoms with van der Waals surface area (Å²) >= 11 is 0. The Morgan fingerprint density at radius 2 is 2.16 bits per heavy atom. The van der Waals surface area contributed by atoms with Crippen LogP contribution in [0.4, 0.5) is 0 Å². The minimum Gasteiger partial charge on any atom is -0.314 e. The van der Waals surface area contributed by atoms with Crippen molar-refractivity contribution in [1.82, 2.24) is 5.32 Å². The van der Waals surface area contributed by atoms with Crippen molar-refractivity contribution in [2.24, 2.45) is 5.92 Å². The Kier molecular flexibility index (Phi) is 5.48. The molecule has 19 heavy (non-hydrogen) atoms. The van der Waals surface area contributed by atoms with Crippen molar-refractivity contribution in [2.45, 2.75) is 51.0 Å². The molecule has 3 atom stereocenters. The average molecular weight is 255 g/mol. The van der Waals surface area contributed by atoms with Crippen LogP contribution < -0.4 is 5.32 Å². The van der Waals surface area contributed by atoms with Gasteiger partial charge in [-0.2, -0.15) is 0 Å². The Bertz CT molecular complexity index is 403. The molecule has 0 aromatic heterocycles. The molecule has 1 aromatic rings. The van der Waals surface area contributed by atoms with E-state index in [1.54, 1.807) is 0 Å². The molecule has 102 valence electrons. The van der Waals surface area contributed by atoms with Crippen molar-refractivity contribution in [1.29, 1.82) is 0 Å². The summed E-state index contributed by atoms with van der Waals surface area (Å²) in [5.74, 6) is 4.33. The van der Waals surface area contributed by atoms with Crippen molar-refractivity contribution in [3.63, 3.8) is 0 Å². The fourth-order valence-corrected chi connectivity index (χ4v) is 2.96. The van der Waals surface area contributed by atoms with Gasteiger partial charge < -0.3 is 5.32 Å². The molecule has 1 fully saturated rings. The minimum atomic E-state index is 0.651. The predicted octanol–water partition coefficient (Wildman–Crippen LogP) is 3.96. The second-order valence-electron chi connectivity index (χ2n) is 5.57. The largest absolute Gasteiger partial charge is 0.314 e. The number of rotatable bonds is 8. The van der Waals surface area contributed by atoms with Gasteiger partial charge in [0.05, 0.1) is 0 Å². The summed E-state index contributed by atoms with van der Waals surface area (Å²) in [6.45, 7) is 3.35. The van der Waals surface area contributed by atoms with Gasteiger partial charge in [-0.05, 0) is 49.6 Å². The highest BCUT2D eigenvalue weighted by molar-refractivity contribution is 5.26.